The maximum atomic E-state index is 13.6. The van der Waals surface area contributed by atoms with E-state index in [0.717, 1.165) is 15.8 Å². The Balaban J connectivity index is 1.99. The number of carbonyl (C=O) groups is 1. The molecule has 3 aromatic rings. The summed E-state index contributed by atoms with van der Waals surface area (Å²) in [6.07, 6.45) is 0. The summed E-state index contributed by atoms with van der Waals surface area (Å²) in [7, 11) is 0. The Kier molecular flexibility index (Phi) is 6.10. The number of hydrogen-bond acceptors (Lipinski definition) is 3. The summed E-state index contributed by atoms with van der Waals surface area (Å²) in [5, 5.41) is 0. The largest absolute Gasteiger partial charge is 0.380 e. The van der Waals surface area contributed by atoms with Gasteiger partial charge in [-0.3, -0.25) is 4.79 Å². The topological polar surface area (TPSA) is 43.6 Å². The number of halogens is 1. The summed E-state index contributed by atoms with van der Waals surface area (Å²) in [5.74, 6) is -0.612. The number of benzene rings is 2. The van der Waals surface area contributed by atoms with Gasteiger partial charge in [0.05, 0.1) is 16.8 Å². The average Bonchev–Trinajstić information content (AvgIpc) is 2.97. The lowest BCUT2D eigenvalue weighted by Gasteiger charge is -2.18. The highest BCUT2D eigenvalue weighted by atomic mass is 32.1. The SMILES string of the molecule is CCOCCn1c(=NC(=O)c2ccc(C(C)(C)C)cc2)sc2cc(F)ccc21. The molecule has 1 amide bonds. The molecule has 0 fully saturated rings. The van der Waals surface area contributed by atoms with Gasteiger partial charge in [0.2, 0.25) is 0 Å². The highest BCUT2D eigenvalue weighted by molar-refractivity contribution is 7.16. The average molecular weight is 401 g/mol. The lowest BCUT2D eigenvalue weighted by molar-refractivity contribution is 0.0996. The molecule has 28 heavy (non-hydrogen) atoms. The third kappa shape index (κ3) is 4.56. The van der Waals surface area contributed by atoms with Crippen LogP contribution in [0.15, 0.2) is 47.5 Å². The predicted octanol–water partition coefficient (Wildman–Crippen LogP) is 4.92. The van der Waals surface area contributed by atoms with Crippen molar-refractivity contribution < 1.29 is 13.9 Å². The van der Waals surface area contributed by atoms with Crippen molar-refractivity contribution in [1.82, 2.24) is 4.57 Å². The molecule has 148 valence electrons. The van der Waals surface area contributed by atoms with Crippen LogP contribution in [0.5, 0.6) is 0 Å². The van der Waals surface area contributed by atoms with Crippen LogP contribution in [-0.4, -0.2) is 23.7 Å². The van der Waals surface area contributed by atoms with Crippen molar-refractivity contribution in [2.75, 3.05) is 13.2 Å². The fourth-order valence-electron chi connectivity index (χ4n) is 2.91. The maximum Gasteiger partial charge on any atom is 0.279 e. The molecule has 3 rings (SSSR count). The monoisotopic (exact) mass is 400 g/mol. The van der Waals surface area contributed by atoms with Gasteiger partial charge in [-0.1, -0.05) is 44.2 Å². The second-order valence-electron chi connectivity index (χ2n) is 7.59. The van der Waals surface area contributed by atoms with Crippen LogP contribution in [0.25, 0.3) is 10.2 Å². The van der Waals surface area contributed by atoms with Gasteiger partial charge >= 0.3 is 0 Å². The minimum absolute atomic E-state index is 0.0244. The minimum atomic E-state index is -0.308. The van der Waals surface area contributed by atoms with Crippen LogP contribution in [0.2, 0.25) is 0 Å². The van der Waals surface area contributed by atoms with Gasteiger partial charge < -0.3 is 9.30 Å². The number of thiazole rings is 1. The molecule has 1 heterocycles. The van der Waals surface area contributed by atoms with Gasteiger partial charge in [-0.15, -0.1) is 0 Å². The molecule has 6 heteroatoms. The van der Waals surface area contributed by atoms with Gasteiger partial charge in [0.1, 0.15) is 5.82 Å². The van der Waals surface area contributed by atoms with E-state index in [2.05, 4.69) is 25.8 Å². The van der Waals surface area contributed by atoms with Crippen LogP contribution >= 0.6 is 11.3 Å². The van der Waals surface area contributed by atoms with Crippen molar-refractivity contribution >= 4 is 27.5 Å². The van der Waals surface area contributed by atoms with Crippen molar-refractivity contribution in [3.63, 3.8) is 0 Å². The van der Waals surface area contributed by atoms with E-state index in [1.165, 1.54) is 23.5 Å². The molecule has 0 saturated carbocycles. The normalized spacial score (nSPS) is 12.7. The number of nitrogens with zero attached hydrogens (tertiary/aromatic N) is 2. The number of aromatic nitrogens is 1. The highest BCUT2D eigenvalue weighted by Crippen LogP contribution is 2.22. The minimum Gasteiger partial charge on any atom is -0.380 e. The quantitative estimate of drug-likeness (QED) is 0.571. The zero-order valence-corrected chi connectivity index (χ0v) is 17.5. The number of rotatable bonds is 5. The molecule has 0 atom stereocenters. The predicted molar refractivity (Wildman–Crippen MR) is 111 cm³/mol. The van der Waals surface area contributed by atoms with Crippen molar-refractivity contribution in [3.8, 4) is 0 Å². The molecule has 0 radical (unpaired) electrons. The Bertz CT molecular complexity index is 1040. The van der Waals surface area contributed by atoms with Gasteiger partial charge in [0.25, 0.3) is 5.91 Å². The van der Waals surface area contributed by atoms with E-state index in [-0.39, 0.29) is 17.1 Å². The molecule has 0 aliphatic rings. The second-order valence-corrected chi connectivity index (χ2v) is 8.60. The Labute approximate surface area is 168 Å². The molecule has 0 bridgehead atoms. The zero-order chi connectivity index (χ0) is 20.3. The van der Waals surface area contributed by atoms with E-state index < -0.39 is 0 Å². The van der Waals surface area contributed by atoms with E-state index in [4.69, 9.17) is 4.74 Å². The zero-order valence-electron chi connectivity index (χ0n) is 16.7. The fraction of sp³-hybridized carbons (Fsp3) is 0.364. The van der Waals surface area contributed by atoms with E-state index in [1.807, 2.05) is 35.8 Å². The summed E-state index contributed by atoms with van der Waals surface area (Å²) in [6, 6.07) is 12.2. The Morgan fingerprint density at radius 2 is 1.89 bits per heavy atom. The molecule has 0 N–H and O–H groups in total. The standard InChI is InChI=1S/C22H25FN2O2S/c1-5-27-13-12-25-18-11-10-17(23)14-19(18)28-21(25)24-20(26)15-6-8-16(9-7-15)22(2,3)4/h6-11,14H,5,12-13H2,1-4H3. The summed E-state index contributed by atoms with van der Waals surface area (Å²) in [4.78, 5) is 17.6. The van der Waals surface area contributed by atoms with Crippen molar-refractivity contribution in [1.29, 1.82) is 0 Å². The molecule has 0 spiro atoms. The number of ether oxygens (including phenoxy) is 1. The second kappa shape index (κ2) is 8.37. The smallest absolute Gasteiger partial charge is 0.279 e. The van der Waals surface area contributed by atoms with E-state index >= 15 is 0 Å². The van der Waals surface area contributed by atoms with Crippen molar-refractivity contribution in [3.05, 3.63) is 64.2 Å². The van der Waals surface area contributed by atoms with Gasteiger partial charge in [0, 0.05) is 18.7 Å². The maximum absolute atomic E-state index is 13.6. The molecule has 1 aromatic heterocycles. The van der Waals surface area contributed by atoms with E-state index in [1.54, 1.807) is 6.07 Å². The third-order valence-electron chi connectivity index (χ3n) is 4.50. The van der Waals surface area contributed by atoms with Crippen LogP contribution < -0.4 is 4.80 Å². The molecule has 0 aliphatic carbocycles. The molecule has 2 aromatic carbocycles. The Morgan fingerprint density at radius 1 is 1.18 bits per heavy atom. The molecular formula is C22H25FN2O2S. The van der Waals surface area contributed by atoms with Crippen LogP contribution in [0.1, 0.15) is 43.6 Å². The first-order valence-electron chi connectivity index (χ1n) is 9.36. The van der Waals surface area contributed by atoms with Crippen molar-refractivity contribution in [2.45, 2.75) is 39.7 Å². The van der Waals surface area contributed by atoms with Gasteiger partial charge in [-0.2, -0.15) is 4.99 Å². The van der Waals surface area contributed by atoms with E-state index in [0.29, 0.717) is 30.1 Å². The third-order valence-corrected chi connectivity index (χ3v) is 5.54. The summed E-state index contributed by atoms with van der Waals surface area (Å²) < 4.78 is 21.7. The number of hydrogen-bond donors (Lipinski definition) is 0. The number of carbonyl (C=O) groups excluding carboxylic acids is 1. The number of fused-ring (bicyclic) bond motifs is 1. The molecule has 0 aliphatic heterocycles. The molecular weight excluding hydrogens is 375 g/mol. The summed E-state index contributed by atoms with van der Waals surface area (Å²) in [6.45, 7) is 9.99. The number of amides is 1. The van der Waals surface area contributed by atoms with Crippen molar-refractivity contribution in [2.24, 2.45) is 4.99 Å². The van der Waals surface area contributed by atoms with Crippen LogP contribution in [0.3, 0.4) is 0 Å². The first kappa shape index (κ1) is 20.4. The molecule has 4 nitrogen and oxygen atoms in total. The highest BCUT2D eigenvalue weighted by Gasteiger charge is 2.15. The van der Waals surface area contributed by atoms with Crippen LogP contribution in [0, 0.1) is 5.82 Å². The molecule has 0 saturated heterocycles. The van der Waals surface area contributed by atoms with Crippen LogP contribution in [0.4, 0.5) is 4.39 Å². The first-order chi connectivity index (χ1) is 13.3. The van der Waals surface area contributed by atoms with Gasteiger partial charge in [-0.25, -0.2) is 4.39 Å². The Hall–Kier alpha value is -2.31. The van der Waals surface area contributed by atoms with Gasteiger partial charge in [-0.05, 0) is 48.2 Å². The fourth-order valence-corrected chi connectivity index (χ4v) is 3.99. The summed E-state index contributed by atoms with van der Waals surface area (Å²) in [5.41, 5.74) is 2.57. The van der Waals surface area contributed by atoms with Crippen LogP contribution in [-0.2, 0) is 16.7 Å². The lowest BCUT2D eigenvalue weighted by atomic mass is 9.87. The Morgan fingerprint density at radius 3 is 2.54 bits per heavy atom. The lowest BCUT2D eigenvalue weighted by Crippen LogP contribution is -2.19. The van der Waals surface area contributed by atoms with E-state index in [9.17, 15) is 9.18 Å². The van der Waals surface area contributed by atoms with Gasteiger partial charge in [0.15, 0.2) is 4.80 Å². The first-order valence-corrected chi connectivity index (χ1v) is 10.2. The summed E-state index contributed by atoms with van der Waals surface area (Å²) >= 11 is 1.31. The molecule has 0 unspecified atom stereocenters.